The summed E-state index contributed by atoms with van der Waals surface area (Å²) in [5.41, 5.74) is 8.66. The number of fused-ring (bicyclic) bond motifs is 8. The largest absolute Gasteiger partial charge is 0.376 e. The summed E-state index contributed by atoms with van der Waals surface area (Å²) in [6, 6.07) is 103. The molecule has 13 rings (SSSR count). The van der Waals surface area contributed by atoms with Gasteiger partial charge in [0.25, 0.3) is 0 Å². The third kappa shape index (κ3) is 8.24. The zero-order valence-electron chi connectivity index (χ0n) is 43.8. The second kappa shape index (κ2) is 20.4. The van der Waals surface area contributed by atoms with Crippen LogP contribution in [0.25, 0.3) is 44.5 Å². The van der Waals surface area contributed by atoms with Crippen LogP contribution < -0.4 is 0 Å². The van der Waals surface area contributed by atoms with Crippen LogP contribution >= 0.6 is 0 Å². The van der Waals surface area contributed by atoms with Gasteiger partial charge >= 0.3 is 0 Å². The molecule has 4 heteroatoms. The minimum Gasteiger partial charge on any atom is -0.376 e. The summed E-state index contributed by atoms with van der Waals surface area (Å²) >= 11 is 0. The molecule has 0 saturated carbocycles. The first-order valence-electron chi connectivity index (χ1n) is 27.1. The Labute approximate surface area is 467 Å². The SMILES string of the molecule is OC(c1ccccc1)(c1ccccc1)c1ccc2c(c1)-c1cc(C(O)(c3ccccc3)c3ccccc3)ccc1-c1ccc(C(O)(c3ccccc3)c3ccccc3)cc1-c1cc(C(O)(c3ccccc3)c3ccccc3)ccc1-2. The maximum atomic E-state index is 13.6. The first kappa shape index (κ1) is 50.0. The highest BCUT2D eigenvalue weighted by Gasteiger charge is 2.40. The fraction of sp³-hybridized carbons (Fsp3) is 0.0526. The van der Waals surface area contributed by atoms with Gasteiger partial charge in [0.2, 0.25) is 0 Å². The first-order valence-corrected chi connectivity index (χ1v) is 27.1. The zero-order valence-corrected chi connectivity index (χ0v) is 43.8. The highest BCUT2D eigenvalue weighted by Crippen LogP contribution is 2.54. The van der Waals surface area contributed by atoms with E-state index in [1.54, 1.807) is 0 Å². The number of hydrogen-bond donors (Lipinski definition) is 4. The minimum atomic E-state index is -1.59. The molecule has 0 fully saturated rings. The molecule has 1 aliphatic carbocycles. The summed E-state index contributed by atoms with van der Waals surface area (Å²) in [5, 5.41) is 54.3. The van der Waals surface area contributed by atoms with E-state index in [0.29, 0.717) is 66.8 Å². The van der Waals surface area contributed by atoms with E-state index in [4.69, 9.17) is 0 Å². The predicted molar refractivity (Wildman–Crippen MR) is 322 cm³/mol. The monoisotopic (exact) mass is 1030 g/mol. The Morgan fingerprint density at radius 1 is 0.138 bits per heavy atom. The molecule has 0 saturated heterocycles. The van der Waals surface area contributed by atoms with Gasteiger partial charge in [-0.3, -0.25) is 0 Å². The maximum Gasteiger partial charge on any atom is 0.140 e. The average molecular weight is 1030 g/mol. The van der Waals surface area contributed by atoms with Gasteiger partial charge in [-0.1, -0.05) is 291 Å². The topological polar surface area (TPSA) is 80.9 Å². The van der Waals surface area contributed by atoms with E-state index < -0.39 is 22.4 Å². The van der Waals surface area contributed by atoms with Gasteiger partial charge in [0.1, 0.15) is 22.4 Å². The maximum absolute atomic E-state index is 13.6. The molecule has 4 nitrogen and oxygen atoms in total. The van der Waals surface area contributed by atoms with Crippen LogP contribution in [0.2, 0.25) is 0 Å². The van der Waals surface area contributed by atoms with E-state index in [9.17, 15) is 20.4 Å². The summed E-state index contributed by atoms with van der Waals surface area (Å²) in [5.74, 6) is 0. The van der Waals surface area contributed by atoms with E-state index in [-0.39, 0.29) is 0 Å². The third-order valence-corrected chi connectivity index (χ3v) is 16.4. The van der Waals surface area contributed by atoms with Crippen molar-refractivity contribution in [1.29, 1.82) is 0 Å². The molecule has 0 aliphatic heterocycles. The fourth-order valence-electron chi connectivity index (χ4n) is 12.3. The lowest BCUT2D eigenvalue weighted by Crippen LogP contribution is -2.29. The Balaban J connectivity index is 1.16. The van der Waals surface area contributed by atoms with E-state index in [1.165, 1.54) is 0 Å². The van der Waals surface area contributed by atoms with Gasteiger partial charge in [-0.2, -0.15) is 0 Å². The molecule has 12 aromatic carbocycles. The van der Waals surface area contributed by atoms with Crippen molar-refractivity contribution in [3.63, 3.8) is 0 Å². The van der Waals surface area contributed by atoms with Crippen LogP contribution in [0.5, 0.6) is 0 Å². The van der Waals surface area contributed by atoms with Crippen LogP contribution in [-0.2, 0) is 22.4 Å². The lowest BCUT2D eigenvalue weighted by Gasteiger charge is -2.35. The first-order chi connectivity index (χ1) is 39.2. The average Bonchev–Trinajstić information content (AvgIpc) is 3.57. The molecule has 1 aliphatic rings. The van der Waals surface area contributed by atoms with Crippen LogP contribution in [0.3, 0.4) is 0 Å². The van der Waals surface area contributed by atoms with Crippen molar-refractivity contribution >= 4 is 0 Å². The number of aliphatic hydroxyl groups is 4. The number of benzene rings is 12. The van der Waals surface area contributed by atoms with E-state index >= 15 is 0 Å². The second-order valence-electron chi connectivity index (χ2n) is 20.8. The van der Waals surface area contributed by atoms with Crippen molar-refractivity contribution in [3.05, 3.63) is 382 Å². The molecule has 0 amide bonds. The van der Waals surface area contributed by atoms with Crippen molar-refractivity contribution in [3.8, 4) is 44.5 Å². The summed E-state index contributed by atoms with van der Waals surface area (Å²) in [6.45, 7) is 0. The van der Waals surface area contributed by atoms with Crippen molar-refractivity contribution in [2.24, 2.45) is 0 Å². The Bertz CT molecular complexity index is 3430. The van der Waals surface area contributed by atoms with E-state index in [0.717, 1.165) is 44.5 Å². The minimum absolute atomic E-state index is 0.652. The van der Waals surface area contributed by atoms with Gasteiger partial charge in [0.15, 0.2) is 0 Å². The molecule has 12 aromatic rings. The second-order valence-corrected chi connectivity index (χ2v) is 20.8. The lowest BCUT2D eigenvalue weighted by molar-refractivity contribution is 0.125. The molecule has 0 heterocycles. The van der Waals surface area contributed by atoms with E-state index in [2.05, 4.69) is 48.5 Å². The van der Waals surface area contributed by atoms with Crippen LogP contribution in [0.15, 0.2) is 315 Å². The van der Waals surface area contributed by atoms with Gasteiger partial charge in [0, 0.05) is 0 Å². The van der Waals surface area contributed by atoms with Gasteiger partial charge in [-0.05, 0) is 136 Å². The number of hydrogen-bond acceptors (Lipinski definition) is 4. The summed E-state index contributed by atoms with van der Waals surface area (Å²) in [7, 11) is 0. The third-order valence-electron chi connectivity index (χ3n) is 16.4. The Kier molecular flexibility index (Phi) is 12.7. The molecule has 0 spiro atoms. The normalized spacial score (nSPS) is 12.2. The van der Waals surface area contributed by atoms with Crippen LogP contribution in [0.4, 0.5) is 0 Å². The number of rotatable bonds is 12. The molecule has 0 atom stereocenters. The molecule has 0 unspecified atom stereocenters. The molecular weight excluding hydrogens is 977 g/mol. The molecule has 4 N–H and O–H groups in total. The fourth-order valence-corrected chi connectivity index (χ4v) is 12.3. The summed E-state index contributed by atoms with van der Waals surface area (Å²) in [6.07, 6.45) is 0. The molecule has 0 aromatic heterocycles. The summed E-state index contributed by atoms with van der Waals surface area (Å²) in [4.78, 5) is 0. The standard InChI is InChI=1S/C76H56O4/c77-73(53-25-9-1-10-26-53,54-27-11-2-12-28-54)61-41-45-65-66-46-42-63(75(79,57-33-17-5-18-34-57)58-35-19-6-20-36-58)51-71(66)72-52-64(76(80,59-37-21-7-22-38-59)60-39-23-8-24-40-60)44-48-68(72)67-47-43-62(50-70(67)69(65)49-61)74(78,55-29-13-3-14-30-55)56-31-15-4-16-32-56/h1-52,77-80H. The quantitative estimate of drug-likeness (QED) is 0.0919. The smallest absolute Gasteiger partial charge is 0.140 e. The Morgan fingerprint density at radius 2 is 0.275 bits per heavy atom. The Morgan fingerprint density at radius 3 is 0.412 bits per heavy atom. The van der Waals surface area contributed by atoms with Crippen LogP contribution in [-0.4, -0.2) is 20.4 Å². The van der Waals surface area contributed by atoms with Crippen LogP contribution in [0, 0.1) is 0 Å². The van der Waals surface area contributed by atoms with Crippen LogP contribution in [0.1, 0.15) is 66.8 Å². The molecular formula is C76H56O4. The highest BCUT2D eigenvalue weighted by atomic mass is 16.3. The van der Waals surface area contributed by atoms with E-state index in [1.807, 2.05) is 267 Å². The van der Waals surface area contributed by atoms with Crippen molar-refractivity contribution in [2.45, 2.75) is 22.4 Å². The zero-order chi connectivity index (χ0) is 54.3. The van der Waals surface area contributed by atoms with Crippen molar-refractivity contribution < 1.29 is 20.4 Å². The van der Waals surface area contributed by atoms with Crippen molar-refractivity contribution in [2.75, 3.05) is 0 Å². The molecule has 0 radical (unpaired) electrons. The van der Waals surface area contributed by atoms with Gasteiger partial charge in [-0.25, -0.2) is 0 Å². The molecule has 80 heavy (non-hydrogen) atoms. The summed E-state index contributed by atoms with van der Waals surface area (Å²) < 4.78 is 0. The van der Waals surface area contributed by atoms with Crippen molar-refractivity contribution in [1.82, 2.24) is 0 Å². The van der Waals surface area contributed by atoms with Gasteiger partial charge in [0.05, 0.1) is 0 Å². The highest BCUT2D eigenvalue weighted by molar-refractivity contribution is 6.04. The Hall–Kier alpha value is -9.52. The lowest BCUT2D eigenvalue weighted by atomic mass is 9.72. The van der Waals surface area contributed by atoms with Gasteiger partial charge < -0.3 is 20.4 Å². The van der Waals surface area contributed by atoms with Gasteiger partial charge in [-0.15, -0.1) is 0 Å². The molecule has 384 valence electrons. The predicted octanol–water partition coefficient (Wildman–Crippen LogP) is 15.8. The molecule has 0 bridgehead atoms.